The molecular weight excluding hydrogens is 268 g/mol. The van der Waals surface area contributed by atoms with Gasteiger partial charge in [0.25, 0.3) is 5.91 Å². The van der Waals surface area contributed by atoms with E-state index in [9.17, 15) is 4.79 Å². The molecule has 0 bridgehead atoms. The molecule has 0 unspecified atom stereocenters. The molecule has 0 radical (unpaired) electrons. The highest BCUT2D eigenvalue weighted by atomic mass is 16.5. The Morgan fingerprint density at radius 3 is 2.81 bits per heavy atom. The van der Waals surface area contributed by atoms with Crippen LogP contribution in [-0.4, -0.2) is 29.5 Å². The van der Waals surface area contributed by atoms with Gasteiger partial charge in [-0.2, -0.15) is 0 Å². The molecule has 110 valence electrons. The van der Waals surface area contributed by atoms with Gasteiger partial charge in [0.2, 0.25) is 5.88 Å². The average molecular weight is 286 g/mol. The minimum atomic E-state index is -0.174. The van der Waals surface area contributed by atoms with E-state index in [4.69, 9.17) is 4.74 Å². The summed E-state index contributed by atoms with van der Waals surface area (Å²) in [6.07, 6.45) is 3.31. The van der Waals surface area contributed by atoms with Crippen molar-refractivity contribution in [1.82, 2.24) is 15.3 Å². The van der Waals surface area contributed by atoms with Crippen molar-refractivity contribution in [3.63, 3.8) is 0 Å². The number of ether oxygens (including phenoxy) is 1. The summed E-state index contributed by atoms with van der Waals surface area (Å²) in [7, 11) is 1.58. The second-order valence-electron chi connectivity index (χ2n) is 4.35. The number of pyridine rings is 2. The maximum absolute atomic E-state index is 11.7. The van der Waals surface area contributed by atoms with E-state index in [0.29, 0.717) is 24.7 Å². The maximum Gasteiger partial charge on any atom is 0.269 e. The summed E-state index contributed by atoms with van der Waals surface area (Å²) in [6.45, 7) is 3.06. The Hall–Kier alpha value is -2.63. The summed E-state index contributed by atoms with van der Waals surface area (Å²) < 4.78 is 5.08. The zero-order valence-electron chi connectivity index (χ0n) is 12.1. The van der Waals surface area contributed by atoms with Crippen molar-refractivity contribution in [3.05, 3.63) is 47.9 Å². The minimum Gasteiger partial charge on any atom is -0.481 e. The minimum absolute atomic E-state index is 0.174. The zero-order chi connectivity index (χ0) is 15.1. The van der Waals surface area contributed by atoms with E-state index in [1.54, 1.807) is 25.6 Å². The summed E-state index contributed by atoms with van der Waals surface area (Å²) >= 11 is 0. The number of carbonyl (C=O) groups is 1. The second-order valence-corrected chi connectivity index (χ2v) is 4.35. The molecular formula is C15H18N4O2. The van der Waals surface area contributed by atoms with Crippen molar-refractivity contribution in [3.8, 4) is 5.88 Å². The van der Waals surface area contributed by atoms with E-state index in [0.717, 1.165) is 11.3 Å². The second kappa shape index (κ2) is 7.23. The lowest BCUT2D eigenvalue weighted by molar-refractivity contribution is 0.0951. The molecule has 6 nitrogen and oxygen atoms in total. The predicted octanol–water partition coefficient (Wildman–Crippen LogP) is 1.85. The molecule has 21 heavy (non-hydrogen) atoms. The monoisotopic (exact) mass is 286 g/mol. The van der Waals surface area contributed by atoms with Gasteiger partial charge < -0.3 is 15.4 Å². The third-order valence-electron chi connectivity index (χ3n) is 2.83. The Morgan fingerprint density at radius 2 is 2.05 bits per heavy atom. The zero-order valence-corrected chi connectivity index (χ0v) is 12.1. The lowest BCUT2D eigenvalue weighted by atomic mass is 10.2. The van der Waals surface area contributed by atoms with Crippen molar-refractivity contribution in [2.75, 3.05) is 19.0 Å². The Kier molecular flexibility index (Phi) is 5.09. The van der Waals surface area contributed by atoms with Crippen molar-refractivity contribution in [1.29, 1.82) is 0 Å². The number of hydrogen-bond acceptors (Lipinski definition) is 5. The van der Waals surface area contributed by atoms with Gasteiger partial charge in [-0.3, -0.25) is 9.78 Å². The van der Waals surface area contributed by atoms with Crippen molar-refractivity contribution < 1.29 is 9.53 Å². The summed E-state index contributed by atoms with van der Waals surface area (Å²) in [4.78, 5) is 19.8. The highest BCUT2D eigenvalue weighted by Gasteiger charge is 2.06. The molecule has 2 aromatic heterocycles. The topological polar surface area (TPSA) is 76.1 Å². The van der Waals surface area contributed by atoms with Crippen LogP contribution in [0.25, 0.3) is 0 Å². The first-order valence-electron chi connectivity index (χ1n) is 6.70. The third-order valence-corrected chi connectivity index (χ3v) is 2.83. The van der Waals surface area contributed by atoms with Crippen LogP contribution in [0.2, 0.25) is 0 Å². The van der Waals surface area contributed by atoms with E-state index >= 15 is 0 Å². The van der Waals surface area contributed by atoms with Crippen LogP contribution in [0.4, 0.5) is 5.69 Å². The Balaban J connectivity index is 2.02. The van der Waals surface area contributed by atoms with Crippen LogP contribution >= 0.6 is 0 Å². The van der Waals surface area contributed by atoms with Gasteiger partial charge in [-0.25, -0.2) is 4.98 Å². The molecule has 0 atom stereocenters. The highest BCUT2D eigenvalue weighted by molar-refractivity contribution is 5.93. The normalized spacial score (nSPS) is 10.0. The van der Waals surface area contributed by atoms with Crippen molar-refractivity contribution in [2.24, 2.45) is 0 Å². The van der Waals surface area contributed by atoms with Gasteiger partial charge in [-0.1, -0.05) is 0 Å². The number of aromatic nitrogens is 2. The Labute approximate surface area is 123 Å². The summed E-state index contributed by atoms with van der Waals surface area (Å²) in [5.74, 6) is 0.402. The molecule has 0 saturated heterocycles. The highest BCUT2D eigenvalue weighted by Crippen LogP contribution is 2.12. The number of carbonyl (C=O) groups excluding carboxylic acids is 1. The summed E-state index contributed by atoms with van der Waals surface area (Å²) in [5, 5.41) is 5.97. The molecule has 0 aliphatic rings. The summed E-state index contributed by atoms with van der Waals surface area (Å²) in [6, 6.07) is 7.31. The van der Waals surface area contributed by atoms with Crippen molar-refractivity contribution in [2.45, 2.75) is 13.5 Å². The molecule has 2 heterocycles. The van der Waals surface area contributed by atoms with Crippen LogP contribution in [0, 0.1) is 0 Å². The quantitative estimate of drug-likeness (QED) is 0.847. The molecule has 0 saturated carbocycles. The fourth-order valence-corrected chi connectivity index (χ4v) is 1.79. The molecule has 0 fully saturated rings. The first-order chi connectivity index (χ1) is 10.2. The standard InChI is InChI=1S/C15H18N4O2/c1-3-16-15(20)13-9-12(5-7-17-13)19-10-11-4-6-18-14(8-11)21-2/h4-9H,3,10H2,1-2H3,(H,16,20)(H,17,19). The summed E-state index contributed by atoms with van der Waals surface area (Å²) in [5.41, 5.74) is 2.27. The molecule has 2 rings (SSSR count). The SMILES string of the molecule is CCNC(=O)c1cc(NCc2ccnc(OC)c2)ccn1. The van der Waals surface area contributed by atoms with E-state index in [-0.39, 0.29) is 5.91 Å². The largest absolute Gasteiger partial charge is 0.481 e. The number of methoxy groups -OCH3 is 1. The van der Waals surface area contributed by atoms with Gasteiger partial charge in [0, 0.05) is 37.2 Å². The molecule has 0 spiro atoms. The van der Waals surface area contributed by atoms with Gasteiger partial charge in [-0.05, 0) is 30.7 Å². The van der Waals surface area contributed by atoms with E-state index in [1.807, 2.05) is 25.1 Å². The molecule has 6 heteroatoms. The van der Waals surface area contributed by atoms with Gasteiger partial charge in [0.15, 0.2) is 0 Å². The van der Waals surface area contributed by atoms with Gasteiger partial charge in [0.05, 0.1) is 7.11 Å². The van der Waals surface area contributed by atoms with E-state index in [2.05, 4.69) is 20.6 Å². The van der Waals surface area contributed by atoms with Crippen LogP contribution in [0.15, 0.2) is 36.7 Å². The van der Waals surface area contributed by atoms with E-state index < -0.39 is 0 Å². The lowest BCUT2D eigenvalue weighted by Crippen LogP contribution is -2.23. The fraction of sp³-hybridized carbons (Fsp3) is 0.267. The number of rotatable bonds is 6. The molecule has 2 aromatic rings. The molecule has 0 aliphatic heterocycles. The number of hydrogen-bond donors (Lipinski definition) is 2. The number of nitrogens with one attached hydrogen (secondary N) is 2. The van der Waals surface area contributed by atoms with E-state index in [1.165, 1.54) is 0 Å². The maximum atomic E-state index is 11.7. The first kappa shape index (κ1) is 14.8. The first-order valence-corrected chi connectivity index (χ1v) is 6.70. The fourth-order valence-electron chi connectivity index (χ4n) is 1.79. The number of nitrogens with zero attached hydrogens (tertiary/aromatic N) is 2. The van der Waals surface area contributed by atoms with Crippen LogP contribution in [0.3, 0.4) is 0 Å². The molecule has 0 aliphatic carbocycles. The Morgan fingerprint density at radius 1 is 1.24 bits per heavy atom. The van der Waals surface area contributed by atoms with Crippen molar-refractivity contribution >= 4 is 11.6 Å². The average Bonchev–Trinajstić information content (AvgIpc) is 2.53. The van der Waals surface area contributed by atoms with Crippen LogP contribution in [0.5, 0.6) is 5.88 Å². The van der Waals surface area contributed by atoms with Gasteiger partial charge in [0.1, 0.15) is 5.69 Å². The smallest absolute Gasteiger partial charge is 0.269 e. The van der Waals surface area contributed by atoms with Crippen LogP contribution in [0.1, 0.15) is 23.0 Å². The molecule has 2 N–H and O–H groups in total. The predicted molar refractivity (Wildman–Crippen MR) is 80.4 cm³/mol. The Bertz CT molecular complexity index is 616. The van der Waals surface area contributed by atoms with Gasteiger partial charge >= 0.3 is 0 Å². The number of anilines is 1. The molecule has 0 aromatic carbocycles. The lowest BCUT2D eigenvalue weighted by Gasteiger charge is -2.08. The van der Waals surface area contributed by atoms with Crippen LogP contribution in [-0.2, 0) is 6.54 Å². The van der Waals surface area contributed by atoms with Gasteiger partial charge in [-0.15, -0.1) is 0 Å². The van der Waals surface area contributed by atoms with Crippen LogP contribution < -0.4 is 15.4 Å². The third kappa shape index (κ3) is 4.17. The number of amides is 1. The molecule has 1 amide bonds.